The molecule has 0 fully saturated rings. The minimum Gasteiger partial charge on any atom is -0.437 e. The highest BCUT2D eigenvalue weighted by Crippen LogP contribution is 2.48. The Hall–Kier alpha value is -2.98. The highest BCUT2D eigenvalue weighted by atomic mass is 79.9. The average Bonchev–Trinajstić information content (AvgIpc) is 3.01. The van der Waals surface area contributed by atoms with Crippen LogP contribution in [0.15, 0.2) is 16.6 Å². The van der Waals surface area contributed by atoms with Gasteiger partial charge in [-0.1, -0.05) is 0 Å². The van der Waals surface area contributed by atoms with Crippen LogP contribution in [0.4, 0.5) is 45.7 Å². The van der Waals surface area contributed by atoms with Crippen molar-refractivity contribution in [3.63, 3.8) is 0 Å². The van der Waals surface area contributed by atoms with E-state index in [-0.39, 0.29) is 9.15 Å². The van der Waals surface area contributed by atoms with E-state index in [2.05, 4.69) is 35.5 Å². The molecule has 0 saturated heterocycles. The summed E-state index contributed by atoms with van der Waals surface area (Å²) in [6, 6.07) is 2.14. The number of hydrogen-bond acceptors (Lipinski definition) is 6. The van der Waals surface area contributed by atoms with Gasteiger partial charge >= 0.3 is 24.4 Å². The first-order valence-electron chi connectivity index (χ1n) is 7.83. The number of methoxy groups -OCH3 is 1. The Morgan fingerprint density at radius 1 is 1.09 bits per heavy atom. The Morgan fingerprint density at radius 3 is 2.19 bits per heavy atom. The number of halogens is 9. The third-order valence-electron chi connectivity index (χ3n) is 3.60. The second kappa shape index (κ2) is 8.51. The molecular formula is C15H9BrF8N4O4. The van der Waals surface area contributed by atoms with Crippen molar-refractivity contribution < 1.29 is 54.2 Å². The molecule has 0 atom stereocenters. The molecule has 1 amide bonds. The number of anilines is 1. The minimum atomic E-state index is -6.41. The van der Waals surface area contributed by atoms with E-state index in [1.54, 1.807) is 5.32 Å². The van der Waals surface area contributed by atoms with Crippen molar-refractivity contribution in [3.8, 4) is 5.88 Å². The lowest BCUT2D eigenvalue weighted by molar-refractivity contribution is -0.292. The van der Waals surface area contributed by atoms with Gasteiger partial charge in [-0.25, -0.2) is 4.79 Å². The maximum absolute atomic E-state index is 13.7. The number of aromatic nitrogens is 3. The summed E-state index contributed by atoms with van der Waals surface area (Å²) in [6.07, 6.45) is -13.5. The van der Waals surface area contributed by atoms with E-state index in [0.29, 0.717) is 7.05 Å². The average molecular weight is 541 g/mol. The van der Waals surface area contributed by atoms with Crippen molar-refractivity contribution in [3.05, 3.63) is 33.6 Å². The zero-order valence-electron chi connectivity index (χ0n) is 15.5. The molecule has 2 heterocycles. The Balaban J connectivity index is 2.54. The summed E-state index contributed by atoms with van der Waals surface area (Å²) in [5, 5.41) is 4.40. The number of ether oxygens (including phenoxy) is 2. The number of pyridine rings is 1. The van der Waals surface area contributed by atoms with Gasteiger partial charge in [0, 0.05) is 7.05 Å². The Labute approximate surface area is 180 Å². The van der Waals surface area contributed by atoms with Crippen LogP contribution in [0.1, 0.15) is 21.7 Å². The number of nitrogens with one attached hydrogen (secondary N) is 1. The van der Waals surface area contributed by atoms with Crippen LogP contribution in [0.2, 0.25) is 0 Å². The van der Waals surface area contributed by atoms with Crippen molar-refractivity contribution >= 4 is 33.8 Å². The molecule has 0 radical (unpaired) electrons. The van der Waals surface area contributed by atoms with Crippen LogP contribution in [0.3, 0.4) is 0 Å². The molecule has 0 aliphatic carbocycles. The fourth-order valence-electron chi connectivity index (χ4n) is 2.27. The summed E-state index contributed by atoms with van der Waals surface area (Å²) < 4.78 is 114. The molecule has 17 heteroatoms. The molecule has 2 rings (SSSR count). The van der Waals surface area contributed by atoms with Crippen LogP contribution in [0.5, 0.6) is 5.88 Å². The van der Waals surface area contributed by atoms with Gasteiger partial charge in [0.25, 0.3) is 5.91 Å². The number of rotatable bonds is 4. The number of carbonyl (C=O) groups is 2. The molecule has 176 valence electrons. The summed E-state index contributed by atoms with van der Waals surface area (Å²) in [5.74, 6) is -8.82. The number of amides is 1. The topological polar surface area (TPSA) is 95.3 Å². The molecular weight excluding hydrogens is 532 g/mol. The second-order valence-electron chi connectivity index (χ2n) is 5.76. The van der Waals surface area contributed by atoms with Crippen molar-refractivity contribution in [1.29, 1.82) is 0 Å². The smallest absolute Gasteiger partial charge is 0.437 e. The van der Waals surface area contributed by atoms with E-state index in [0.717, 1.165) is 19.2 Å². The van der Waals surface area contributed by atoms with Gasteiger partial charge in [-0.05, 0) is 28.1 Å². The zero-order chi connectivity index (χ0) is 24.6. The van der Waals surface area contributed by atoms with Gasteiger partial charge in [-0.3, -0.25) is 9.48 Å². The summed E-state index contributed by atoms with van der Waals surface area (Å²) >= 11 is 2.93. The lowest BCUT2D eigenvalue weighted by atomic mass is 10.1. The molecule has 0 aliphatic rings. The number of nitrogens with zero attached hydrogens (tertiary/aromatic N) is 3. The first kappa shape index (κ1) is 25.3. The van der Waals surface area contributed by atoms with E-state index < -0.39 is 59.0 Å². The largest absolute Gasteiger partial charge is 0.514 e. The quantitative estimate of drug-likeness (QED) is 0.448. The molecule has 1 N–H and O–H groups in total. The van der Waals surface area contributed by atoms with Gasteiger partial charge in [0.15, 0.2) is 5.69 Å². The fourth-order valence-corrected chi connectivity index (χ4v) is 2.57. The SMILES string of the molecule is COC(=O)Oc1nc(NC(=O)c2c(C(F)(F)F)c(C(F)(F)C(F)(F)F)nn2C)ccc1Br. The molecule has 0 saturated carbocycles. The highest BCUT2D eigenvalue weighted by Gasteiger charge is 2.64. The molecule has 2 aromatic rings. The predicted octanol–water partition coefficient (Wildman–Crippen LogP) is 4.65. The lowest BCUT2D eigenvalue weighted by Crippen LogP contribution is -2.36. The van der Waals surface area contributed by atoms with E-state index in [4.69, 9.17) is 0 Å². The number of hydrogen-bond donors (Lipinski definition) is 1. The van der Waals surface area contributed by atoms with Crippen molar-refractivity contribution in [1.82, 2.24) is 14.8 Å². The van der Waals surface area contributed by atoms with Gasteiger partial charge < -0.3 is 14.8 Å². The van der Waals surface area contributed by atoms with Crippen molar-refractivity contribution in [2.45, 2.75) is 18.3 Å². The van der Waals surface area contributed by atoms with Crippen LogP contribution in [0.25, 0.3) is 0 Å². The third kappa shape index (κ3) is 4.91. The molecule has 0 unspecified atom stereocenters. The Morgan fingerprint density at radius 2 is 1.69 bits per heavy atom. The Bertz CT molecular complexity index is 1050. The van der Waals surface area contributed by atoms with Gasteiger partial charge in [0.2, 0.25) is 5.88 Å². The van der Waals surface area contributed by atoms with Gasteiger partial charge in [-0.2, -0.15) is 45.2 Å². The fraction of sp³-hybridized carbons (Fsp3) is 0.333. The van der Waals surface area contributed by atoms with Gasteiger partial charge in [0.1, 0.15) is 17.1 Å². The summed E-state index contributed by atoms with van der Waals surface area (Å²) in [7, 11) is 1.53. The molecule has 0 aliphatic heterocycles. The van der Waals surface area contributed by atoms with Crippen LogP contribution in [0, 0.1) is 0 Å². The van der Waals surface area contributed by atoms with E-state index in [9.17, 15) is 44.7 Å². The van der Waals surface area contributed by atoms with Crippen molar-refractivity contribution in [2.24, 2.45) is 7.05 Å². The monoisotopic (exact) mass is 540 g/mol. The molecule has 0 bridgehead atoms. The summed E-state index contributed by atoms with van der Waals surface area (Å²) in [4.78, 5) is 27.2. The van der Waals surface area contributed by atoms with E-state index >= 15 is 0 Å². The maximum atomic E-state index is 13.7. The van der Waals surface area contributed by atoms with Crippen LogP contribution in [-0.4, -0.2) is 40.1 Å². The molecule has 8 nitrogen and oxygen atoms in total. The van der Waals surface area contributed by atoms with Gasteiger partial charge in [0.05, 0.1) is 11.6 Å². The summed E-state index contributed by atoms with van der Waals surface area (Å²) in [6.45, 7) is 0. The Kier molecular flexibility index (Phi) is 6.73. The molecule has 32 heavy (non-hydrogen) atoms. The minimum absolute atomic E-state index is 0.0459. The van der Waals surface area contributed by atoms with Crippen LogP contribution in [-0.2, 0) is 23.9 Å². The highest BCUT2D eigenvalue weighted by molar-refractivity contribution is 9.10. The van der Waals surface area contributed by atoms with Crippen molar-refractivity contribution in [2.75, 3.05) is 12.4 Å². The standard InChI is InChI=1S/C15H9BrF8N4O4/c1-28-8(7(14(19,20)21)9(27-28)13(17,18)15(22,23)24)10(29)25-6-4-3-5(16)11(26-6)32-12(30)31-2/h3-4H,1-2H3,(H,25,26,29). The summed E-state index contributed by atoms with van der Waals surface area (Å²) in [5.41, 5.74) is -6.91. The maximum Gasteiger partial charge on any atom is 0.514 e. The first-order chi connectivity index (χ1) is 14.5. The predicted molar refractivity (Wildman–Crippen MR) is 91.1 cm³/mol. The number of carbonyl (C=O) groups excluding carboxylic acids is 2. The molecule has 2 aromatic heterocycles. The molecule has 0 spiro atoms. The lowest BCUT2D eigenvalue weighted by Gasteiger charge is -2.19. The molecule has 0 aromatic carbocycles. The normalized spacial score (nSPS) is 12.5. The number of aryl methyl sites for hydroxylation is 1. The van der Waals surface area contributed by atoms with Crippen LogP contribution >= 0.6 is 15.9 Å². The van der Waals surface area contributed by atoms with Gasteiger partial charge in [-0.15, -0.1) is 0 Å². The zero-order valence-corrected chi connectivity index (χ0v) is 17.1. The first-order valence-corrected chi connectivity index (χ1v) is 8.63. The van der Waals surface area contributed by atoms with E-state index in [1.807, 2.05) is 0 Å². The third-order valence-corrected chi connectivity index (χ3v) is 4.20. The second-order valence-corrected chi connectivity index (χ2v) is 6.61. The van der Waals surface area contributed by atoms with Crippen LogP contribution < -0.4 is 10.1 Å². The van der Waals surface area contributed by atoms with E-state index in [1.165, 1.54) is 0 Å². The number of alkyl halides is 8.